The van der Waals surface area contributed by atoms with Gasteiger partial charge in [0, 0.05) is 134 Å². The molecule has 37 heteroatoms. The van der Waals surface area contributed by atoms with Gasteiger partial charge in [-0.3, -0.25) is 33.8 Å². The number of thioether (sulfide) groups is 1. The second kappa shape index (κ2) is 43.8. The number of ether oxygens (including phenoxy) is 2. The molecular formula is C107H109BrClF5N16O11S3. The maximum absolute atomic E-state index is 14.6. The number of amides is 5. The number of anilines is 1. The Hall–Kier alpha value is -13.1. The van der Waals surface area contributed by atoms with E-state index in [4.69, 9.17) is 31.6 Å². The number of amidine groups is 1. The van der Waals surface area contributed by atoms with Gasteiger partial charge in [-0.1, -0.05) is 103 Å². The van der Waals surface area contributed by atoms with Crippen LogP contribution in [0.1, 0.15) is 161 Å². The molecule has 2 saturated carbocycles. The normalized spacial score (nSPS) is 18.9. The van der Waals surface area contributed by atoms with Gasteiger partial charge in [-0.2, -0.15) is 10.4 Å². The maximum atomic E-state index is 14.6. The summed E-state index contributed by atoms with van der Waals surface area (Å²) in [7, 11) is -5.75. The Morgan fingerprint density at radius 2 is 1.56 bits per heavy atom. The minimum Gasteiger partial charge on any atom is -0.453 e. The lowest BCUT2D eigenvalue weighted by Crippen LogP contribution is -2.50. The molecular weight excluding hydrogens is 1990 g/mol. The number of likely N-dealkylation sites (tertiary alicyclic amines) is 1. The van der Waals surface area contributed by atoms with E-state index in [2.05, 4.69) is 85.3 Å². The number of sulfone groups is 2. The fraction of sp³-hybridized carbons (Fsp3) is 0.355. The average Bonchev–Trinajstić information content (AvgIpc) is 1.57. The molecule has 0 bridgehead atoms. The molecule has 3 N–H and O–H groups in total. The Labute approximate surface area is 849 Å². The fourth-order valence-corrected chi connectivity index (χ4v) is 22.5. The van der Waals surface area contributed by atoms with Gasteiger partial charge in [0.25, 0.3) is 5.91 Å². The van der Waals surface area contributed by atoms with E-state index in [-0.39, 0.29) is 88.7 Å². The molecule has 144 heavy (non-hydrogen) atoms. The van der Waals surface area contributed by atoms with Gasteiger partial charge in [-0.15, -0.1) is 13.2 Å². The standard InChI is InChI=1S/C30H34F3N5O3.C28H26FNO3S.C25H17BrFN3O2S.C22H26ClN7O.C2H6O2S/c1-17-34-15-26(36-17)23-13-24(23)27(39)35-14-19-8-9-21(18-6-5-7-20(12-18)41-30(31,32)33)22-10-11-38(16-25(19)22)28(40)37-29(2,3)4;1-19-5-3-4-6-23(19)25-17-30(22-10-8-21(29)9-11-22)26-15-20(7-12-24(25)26)27(31)16-28(2)13-14-34(32,33)18-28;26-19-12-17(15-28)8-9-21(19)32-22-10-7-16(13-20(22)27)14-23-25(31)30-24(33-23)6-3-5-18-4-1-2-11-29-18;23-16-12-24-30(14-16)22(7-8-22)21-25-17-5-6-18(26-19(17)27-21)29-11-3-4-15(13-29)20(31)28-9-1-2-10-28;1-5(2,3)4/h5-9,12,23-24H,10-11,13-16H2,1-4H3,(H,35,39)(H,37,40);3-12,15,17H,13-14,16,18H2,1-2H3;1-2,4,7-14H,3,5-6H2;5-6,12,14-15H,1-4,7-11,13H2,(H,25,26,27);1-2H3/b;;23-14-;;/t23-,24-;;;15-;/m1..1./s1. The zero-order valence-electron chi connectivity index (χ0n) is 80.7. The van der Waals surface area contributed by atoms with Crippen molar-refractivity contribution in [2.24, 2.45) is 38.1 Å². The Kier molecular flexibility index (Phi) is 31.6. The Morgan fingerprint density at radius 1 is 0.799 bits per heavy atom. The van der Waals surface area contributed by atoms with Crippen molar-refractivity contribution in [3.05, 3.63) is 271 Å². The lowest BCUT2D eigenvalue weighted by Gasteiger charge is -2.34. The van der Waals surface area contributed by atoms with Crippen LogP contribution >= 0.6 is 39.3 Å². The van der Waals surface area contributed by atoms with Crippen LogP contribution in [0.2, 0.25) is 5.02 Å². The summed E-state index contributed by atoms with van der Waals surface area (Å²) < 4.78 is 124. The first-order chi connectivity index (χ1) is 68.5. The van der Waals surface area contributed by atoms with Gasteiger partial charge in [-0.05, 0) is 281 Å². The van der Waals surface area contributed by atoms with Crippen molar-refractivity contribution in [1.82, 2.24) is 54.7 Å². The summed E-state index contributed by atoms with van der Waals surface area (Å²) in [5.41, 5.74) is 12.9. The van der Waals surface area contributed by atoms with Gasteiger partial charge in [-0.25, -0.2) is 50.4 Å². The van der Waals surface area contributed by atoms with Gasteiger partial charge in [0.2, 0.25) is 11.8 Å². The molecule has 12 aromatic rings. The number of rotatable bonds is 22. The highest BCUT2D eigenvalue weighted by atomic mass is 79.9. The highest BCUT2D eigenvalue weighted by molar-refractivity contribution is 9.10. The van der Waals surface area contributed by atoms with E-state index in [1.807, 2.05) is 140 Å². The molecule has 4 atom stereocenters. The van der Waals surface area contributed by atoms with Crippen LogP contribution in [-0.4, -0.2) is 182 Å². The van der Waals surface area contributed by atoms with E-state index in [0.29, 0.717) is 92.9 Å². The highest BCUT2D eigenvalue weighted by Gasteiger charge is 2.51. The summed E-state index contributed by atoms with van der Waals surface area (Å²) in [5.74, 6) is 1.94. The molecule has 5 aromatic heterocycles. The number of benzene rings is 7. The lowest BCUT2D eigenvalue weighted by atomic mass is 9.83. The maximum Gasteiger partial charge on any atom is 0.573 e. The second-order valence-corrected chi connectivity index (χ2v) is 45.7. The number of aryl methyl sites for hydroxylation is 2. The molecule has 11 heterocycles. The number of pyridine rings is 2. The Morgan fingerprint density at radius 3 is 2.24 bits per heavy atom. The number of urea groups is 1. The third kappa shape index (κ3) is 26.4. The summed E-state index contributed by atoms with van der Waals surface area (Å²) in [6, 6.07) is 50.7. The molecule has 750 valence electrons. The smallest absolute Gasteiger partial charge is 0.453 e. The molecule has 3 saturated heterocycles. The molecule has 2 aliphatic carbocycles. The number of aromatic amines is 1. The monoisotopic (exact) mass is 2100 g/mol. The van der Waals surface area contributed by atoms with Crippen LogP contribution in [0.5, 0.6) is 17.2 Å². The molecule has 7 aromatic carbocycles. The fourth-order valence-electron chi connectivity index (χ4n) is 18.7. The minimum atomic E-state index is -4.79. The molecule has 0 radical (unpaired) electrons. The summed E-state index contributed by atoms with van der Waals surface area (Å²) in [6.45, 7) is 16.6. The van der Waals surface area contributed by atoms with Crippen LogP contribution in [0, 0.1) is 53.1 Å². The number of imidazole rings is 1. The van der Waals surface area contributed by atoms with Crippen molar-refractivity contribution in [1.29, 1.82) is 5.26 Å². The number of fused-ring (bicyclic) bond motifs is 3. The van der Waals surface area contributed by atoms with E-state index >= 15 is 0 Å². The number of nitriles is 1. The number of ketones is 1. The number of alkyl halides is 3. The zero-order valence-corrected chi connectivity index (χ0v) is 85.5. The van der Waals surface area contributed by atoms with Crippen molar-refractivity contribution in [2.45, 2.75) is 156 Å². The van der Waals surface area contributed by atoms with Gasteiger partial charge < -0.3 is 44.4 Å². The van der Waals surface area contributed by atoms with E-state index in [0.717, 1.165) is 191 Å². The van der Waals surface area contributed by atoms with Crippen molar-refractivity contribution in [2.75, 3.05) is 68.2 Å². The van der Waals surface area contributed by atoms with Crippen molar-refractivity contribution in [3.63, 3.8) is 0 Å². The van der Waals surface area contributed by atoms with Crippen molar-refractivity contribution < 1.29 is 72.2 Å². The van der Waals surface area contributed by atoms with Crippen LogP contribution in [0.15, 0.2) is 219 Å². The number of nitrogens with one attached hydrogen (secondary N) is 3. The van der Waals surface area contributed by atoms with Crippen molar-refractivity contribution in [3.8, 4) is 51.3 Å². The molecule has 0 spiro atoms. The molecule has 5 amide bonds. The quantitative estimate of drug-likeness (QED) is 0.0322. The van der Waals surface area contributed by atoms with Gasteiger partial charge in [0.1, 0.15) is 50.2 Å². The van der Waals surface area contributed by atoms with Crippen LogP contribution < -0.4 is 25.0 Å². The zero-order chi connectivity index (χ0) is 102. The summed E-state index contributed by atoms with van der Waals surface area (Å²) in [4.78, 5) is 101. The third-order valence-corrected chi connectivity index (χ3v) is 29.8. The second-order valence-electron chi connectivity index (χ2n) is 38.8. The van der Waals surface area contributed by atoms with E-state index in [1.165, 1.54) is 54.2 Å². The van der Waals surface area contributed by atoms with Crippen LogP contribution in [0.25, 0.3) is 56.1 Å². The molecule has 20 rings (SSSR count). The first-order valence-electron chi connectivity index (χ1n) is 47.5. The van der Waals surface area contributed by atoms with Crippen LogP contribution in [0.3, 0.4) is 0 Å². The molecule has 1 unspecified atom stereocenters. The van der Waals surface area contributed by atoms with Crippen LogP contribution in [-0.2, 0) is 65.5 Å². The predicted octanol–water partition coefficient (Wildman–Crippen LogP) is 20.9. The molecule has 27 nitrogen and oxygen atoms in total. The number of carbonyl (C=O) groups excluding carboxylic acids is 5. The molecule has 8 aliphatic rings. The number of hydrogen-bond donors (Lipinski definition) is 3. The highest BCUT2D eigenvalue weighted by Crippen LogP contribution is 2.49. The van der Waals surface area contributed by atoms with E-state index < -0.39 is 42.8 Å². The van der Waals surface area contributed by atoms with E-state index in [1.54, 1.807) is 65.8 Å². The summed E-state index contributed by atoms with van der Waals surface area (Å²) >= 11 is 10.7. The molecule has 6 aliphatic heterocycles. The summed E-state index contributed by atoms with van der Waals surface area (Å²) in [5, 5.41) is 21.8. The van der Waals surface area contributed by atoms with E-state index in [9.17, 15) is 62.8 Å². The number of hydrogen-bond acceptors (Lipinski definition) is 20. The van der Waals surface area contributed by atoms with Crippen molar-refractivity contribution >= 4 is 139 Å². The molecule has 5 fully saturated rings. The largest absolute Gasteiger partial charge is 0.573 e. The van der Waals surface area contributed by atoms with Gasteiger partial charge >= 0.3 is 12.4 Å². The number of aromatic nitrogens is 7. The first kappa shape index (κ1) is 104. The topological polar surface area (TPSA) is 344 Å². The van der Waals surface area contributed by atoms with Crippen LogP contribution in [0.4, 0.5) is 32.6 Å². The number of nitrogens with zero attached hydrogens (tertiary/aromatic N) is 13. The Balaban J connectivity index is 0.000000136. The lowest BCUT2D eigenvalue weighted by molar-refractivity contribution is -0.274. The van der Waals surface area contributed by atoms with Gasteiger partial charge in [0.05, 0.1) is 72.3 Å². The number of halogens is 7. The average molecular weight is 2100 g/mol. The Bertz CT molecular complexity index is 7330. The SMILES string of the molecule is CC1=NCC([C@@H]2C[C@H]2C(=O)NCc2ccc(-c3cccc(OC(F)(F)F)c3)c3c2CN(C(=O)NC(C)(C)C)CC3)=N1.CS(C)(=O)=O.Cc1ccccc1-c1cn(-c2ccc(F)cc2)c2cc(C(=O)CC3(C)CCS(=O)(=O)C3)ccc12.N#Cc1ccc(Oc2ccc(/C=C3\SC(CCCc4ccccn4)=NC3=O)cc2F)c(Br)c1.O=C([C@@H]1CCCN(c2ccc3[nH]c(C4(n5cc(Cl)cn5)CC4)nc3n2)C1)N1CCCC1. The summed E-state index contributed by atoms with van der Waals surface area (Å²) in [6.07, 6.45) is 17.0. The van der Waals surface area contributed by atoms with Gasteiger partial charge in [0.15, 0.2) is 32.8 Å². The number of aliphatic imine (C=N–C) groups is 3. The first-order valence-corrected chi connectivity index (χ1v) is 53.7. The number of Topliss-reactive ketones (excluding diaryl/α,β-unsaturated/α-hetero) is 1. The number of H-pyrrole nitrogens is 1. The number of piperidine rings is 1. The predicted molar refractivity (Wildman–Crippen MR) is 553 cm³/mol. The minimum absolute atomic E-state index is 0.0411. The number of carbonyl (C=O) groups is 5. The third-order valence-electron chi connectivity index (χ3n) is 26.0.